The maximum Gasteiger partial charge on any atom is 0.113 e. The summed E-state index contributed by atoms with van der Waals surface area (Å²) in [5.74, 6) is 1.21. The molecule has 0 aliphatic heterocycles. The molecule has 1 aromatic heterocycles. The molecule has 2 aromatic rings. The highest BCUT2D eigenvalue weighted by Gasteiger charge is 2.05. The van der Waals surface area contributed by atoms with Gasteiger partial charge in [-0.3, -0.25) is 0 Å². The molecule has 1 aromatic carbocycles. The van der Waals surface area contributed by atoms with Gasteiger partial charge in [0.25, 0.3) is 0 Å². The normalized spacial score (nSPS) is 11.6. The van der Waals surface area contributed by atoms with Gasteiger partial charge in [0.1, 0.15) is 5.69 Å². The van der Waals surface area contributed by atoms with Gasteiger partial charge in [0, 0.05) is 12.2 Å². The summed E-state index contributed by atoms with van der Waals surface area (Å²) in [6, 6.07) is 8.50. The zero-order valence-electron chi connectivity index (χ0n) is 17.8. The van der Waals surface area contributed by atoms with Crippen molar-refractivity contribution in [2.75, 3.05) is 39.6 Å². The predicted octanol–water partition coefficient (Wildman–Crippen LogP) is 4.16. The van der Waals surface area contributed by atoms with Gasteiger partial charge >= 0.3 is 0 Å². The van der Waals surface area contributed by atoms with Crippen molar-refractivity contribution in [2.24, 2.45) is 5.92 Å². The number of benzene rings is 1. The van der Waals surface area contributed by atoms with Gasteiger partial charge in [-0.1, -0.05) is 57.2 Å². The third-order valence-electron chi connectivity index (χ3n) is 4.46. The lowest BCUT2D eigenvalue weighted by Crippen LogP contribution is -2.12. The Kier molecular flexibility index (Phi) is 10.2. The van der Waals surface area contributed by atoms with E-state index in [0.717, 1.165) is 24.3 Å². The quantitative estimate of drug-likeness (QED) is 0.454. The molecule has 156 valence electrons. The number of hydrogen-bond donors (Lipinski definition) is 0. The van der Waals surface area contributed by atoms with Crippen LogP contribution in [0.2, 0.25) is 0 Å². The van der Waals surface area contributed by atoms with Crippen LogP contribution in [0.5, 0.6) is 0 Å². The van der Waals surface area contributed by atoms with E-state index in [4.69, 9.17) is 14.2 Å². The number of hydrogen-bond acceptors (Lipinski definition) is 5. The Hall–Kier alpha value is -1.76. The Balaban J connectivity index is 1.54. The van der Waals surface area contributed by atoms with Crippen molar-refractivity contribution in [2.45, 2.75) is 46.6 Å². The maximum atomic E-state index is 5.60. The highest BCUT2D eigenvalue weighted by Crippen LogP contribution is 2.20. The van der Waals surface area contributed by atoms with Crippen LogP contribution in [0.4, 0.5) is 0 Å². The Labute approximate surface area is 169 Å². The first-order valence-corrected chi connectivity index (χ1v) is 10.3. The van der Waals surface area contributed by atoms with Crippen molar-refractivity contribution in [3.05, 3.63) is 36.0 Å². The molecule has 2 rings (SSSR count). The zero-order valence-corrected chi connectivity index (χ0v) is 17.8. The minimum absolute atomic E-state index is 0.531. The third kappa shape index (κ3) is 8.50. The molecule has 28 heavy (non-hydrogen) atoms. The molecule has 0 amide bonds. The van der Waals surface area contributed by atoms with Crippen LogP contribution in [-0.2, 0) is 20.8 Å². The Morgan fingerprint density at radius 1 is 0.821 bits per heavy atom. The minimum Gasteiger partial charge on any atom is -0.379 e. The Bertz CT molecular complexity index is 653. The van der Waals surface area contributed by atoms with E-state index in [9.17, 15) is 0 Å². The lowest BCUT2D eigenvalue weighted by Gasteiger charge is -2.08. The first-order valence-electron chi connectivity index (χ1n) is 10.3. The molecule has 0 atom stereocenters. The number of ether oxygens (including phenoxy) is 3. The first-order chi connectivity index (χ1) is 13.6. The first kappa shape index (κ1) is 22.5. The molecule has 0 N–H and O–H groups in total. The molecule has 0 unspecified atom stereocenters. The molecule has 1 heterocycles. The van der Waals surface area contributed by atoms with Crippen molar-refractivity contribution in [1.82, 2.24) is 15.0 Å². The monoisotopic (exact) mass is 389 g/mol. The molecule has 0 spiro atoms. The molecule has 0 bridgehead atoms. The molecular formula is C22H35N3O3. The number of nitrogens with zero attached hydrogens (tertiary/aromatic N) is 3. The van der Waals surface area contributed by atoms with Gasteiger partial charge in [0.05, 0.1) is 45.8 Å². The Morgan fingerprint density at radius 3 is 2.04 bits per heavy atom. The summed E-state index contributed by atoms with van der Waals surface area (Å²) in [5, 5.41) is 8.43. The topological polar surface area (TPSA) is 58.4 Å². The summed E-state index contributed by atoms with van der Waals surface area (Å²) in [7, 11) is 0. The molecule has 0 aliphatic carbocycles. The van der Waals surface area contributed by atoms with Crippen molar-refractivity contribution in [3.8, 4) is 11.3 Å². The maximum absolute atomic E-state index is 5.60. The van der Waals surface area contributed by atoms with Gasteiger partial charge in [-0.2, -0.15) is 0 Å². The van der Waals surface area contributed by atoms with Gasteiger partial charge in [-0.05, 0) is 23.8 Å². The molecule has 0 aliphatic rings. The second-order valence-corrected chi connectivity index (χ2v) is 7.66. The Morgan fingerprint density at radius 2 is 1.43 bits per heavy atom. The van der Waals surface area contributed by atoms with Crippen LogP contribution in [0.3, 0.4) is 0 Å². The van der Waals surface area contributed by atoms with E-state index in [1.165, 1.54) is 5.56 Å². The summed E-state index contributed by atoms with van der Waals surface area (Å²) in [6.45, 7) is 13.3. The highest BCUT2D eigenvalue weighted by molar-refractivity contribution is 5.58. The zero-order chi connectivity index (χ0) is 20.2. The summed E-state index contributed by atoms with van der Waals surface area (Å²) >= 11 is 0. The van der Waals surface area contributed by atoms with E-state index in [0.29, 0.717) is 51.4 Å². The lowest BCUT2D eigenvalue weighted by atomic mass is 10.0. The van der Waals surface area contributed by atoms with E-state index < -0.39 is 0 Å². The molecule has 0 saturated carbocycles. The van der Waals surface area contributed by atoms with E-state index in [2.05, 4.69) is 62.3 Å². The van der Waals surface area contributed by atoms with Gasteiger partial charge in [0.15, 0.2) is 0 Å². The van der Waals surface area contributed by atoms with Gasteiger partial charge in [-0.15, -0.1) is 5.10 Å². The highest BCUT2D eigenvalue weighted by atomic mass is 16.5. The second kappa shape index (κ2) is 12.6. The molecule has 0 radical (unpaired) electrons. The van der Waals surface area contributed by atoms with Crippen molar-refractivity contribution < 1.29 is 14.2 Å². The van der Waals surface area contributed by atoms with Crippen LogP contribution >= 0.6 is 0 Å². The predicted molar refractivity (Wildman–Crippen MR) is 111 cm³/mol. The fraction of sp³-hybridized carbons (Fsp3) is 0.636. The average molecular weight is 390 g/mol. The van der Waals surface area contributed by atoms with E-state index in [1.807, 2.05) is 10.9 Å². The summed E-state index contributed by atoms with van der Waals surface area (Å²) in [4.78, 5) is 0. The molecule has 6 nitrogen and oxygen atoms in total. The van der Waals surface area contributed by atoms with Crippen LogP contribution in [-0.4, -0.2) is 54.6 Å². The summed E-state index contributed by atoms with van der Waals surface area (Å²) in [6.07, 6.45) is 3.05. The smallest absolute Gasteiger partial charge is 0.113 e. The van der Waals surface area contributed by atoms with Crippen LogP contribution in [0.1, 0.15) is 45.6 Å². The van der Waals surface area contributed by atoms with Gasteiger partial charge in [-0.25, -0.2) is 4.68 Å². The van der Waals surface area contributed by atoms with Crippen molar-refractivity contribution >= 4 is 0 Å². The molecular weight excluding hydrogens is 354 g/mol. The van der Waals surface area contributed by atoms with Crippen LogP contribution < -0.4 is 0 Å². The van der Waals surface area contributed by atoms with Gasteiger partial charge in [0.2, 0.25) is 0 Å². The summed E-state index contributed by atoms with van der Waals surface area (Å²) < 4.78 is 18.4. The second-order valence-electron chi connectivity index (χ2n) is 7.66. The number of aromatic nitrogens is 3. The molecule has 6 heteroatoms. The van der Waals surface area contributed by atoms with E-state index in [1.54, 1.807) is 0 Å². The molecule has 0 fully saturated rings. The van der Waals surface area contributed by atoms with E-state index in [-0.39, 0.29) is 0 Å². The van der Waals surface area contributed by atoms with Crippen molar-refractivity contribution in [3.63, 3.8) is 0 Å². The van der Waals surface area contributed by atoms with Gasteiger partial charge < -0.3 is 14.2 Å². The van der Waals surface area contributed by atoms with Crippen molar-refractivity contribution in [1.29, 1.82) is 0 Å². The fourth-order valence-electron chi connectivity index (χ4n) is 2.60. The average Bonchev–Trinajstić information content (AvgIpc) is 3.15. The number of rotatable bonds is 14. The third-order valence-corrected chi connectivity index (χ3v) is 4.46. The minimum atomic E-state index is 0.531. The van der Waals surface area contributed by atoms with Crippen LogP contribution in [0, 0.1) is 5.92 Å². The van der Waals surface area contributed by atoms with Crippen LogP contribution in [0.25, 0.3) is 11.3 Å². The lowest BCUT2D eigenvalue weighted by molar-refractivity contribution is 0.0111. The van der Waals surface area contributed by atoms with E-state index >= 15 is 0 Å². The molecule has 0 saturated heterocycles. The summed E-state index contributed by atoms with van der Waals surface area (Å²) in [5.41, 5.74) is 3.30. The van der Waals surface area contributed by atoms with Crippen LogP contribution in [0.15, 0.2) is 30.5 Å². The fourth-order valence-corrected chi connectivity index (χ4v) is 2.60. The standard InChI is InChI=1S/C22H35N3O3/c1-18(2)9-11-26-13-15-28-16-14-27-12-10-25-17-22(23-24-25)21-7-5-20(6-8-21)19(3)4/h5-8,17-19H,9-16H2,1-4H3. The SMILES string of the molecule is CC(C)CCOCCOCCOCCn1cc(-c2ccc(C(C)C)cc2)nn1. The largest absolute Gasteiger partial charge is 0.379 e.